The van der Waals surface area contributed by atoms with Gasteiger partial charge in [-0.2, -0.15) is 13.2 Å². The molecule has 0 bridgehead atoms. The number of hydrogen-bond donors (Lipinski definition) is 2. The van der Waals surface area contributed by atoms with Crippen molar-refractivity contribution < 1.29 is 27.2 Å². The van der Waals surface area contributed by atoms with E-state index < -0.39 is 29.1 Å². The highest BCUT2D eigenvalue weighted by Crippen LogP contribution is 2.31. The minimum Gasteiger partial charge on any atom is -0.459 e. The van der Waals surface area contributed by atoms with E-state index in [2.05, 4.69) is 0 Å². The Kier molecular flexibility index (Phi) is 3.97. The number of hydrazine groups is 1. The number of carbonyl (C=O) groups is 2. The molecule has 0 fully saturated rings. The van der Waals surface area contributed by atoms with Gasteiger partial charge in [-0.3, -0.25) is 20.4 Å². The highest BCUT2D eigenvalue weighted by Gasteiger charge is 2.34. The van der Waals surface area contributed by atoms with Gasteiger partial charge in [-0.15, -0.1) is 0 Å². The molecule has 0 saturated carbocycles. The lowest BCUT2D eigenvalue weighted by Gasteiger charge is -2.12. The van der Waals surface area contributed by atoms with Crippen molar-refractivity contribution >= 4 is 11.8 Å². The molecule has 0 aliphatic heterocycles. The van der Waals surface area contributed by atoms with Gasteiger partial charge in [0.05, 0.1) is 17.4 Å². The molecule has 2 amide bonds. The van der Waals surface area contributed by atoms with Gasteiger partial charge in [-0.1, -0.05) is 12.1 Å². The summed E-state index contributed by atoms with van der Waals surface area (Å²) in [4.78, 5) is 23.2. The van der Waals surface area contributed by atoms with E-state index in [4.69, 9.17) is 4.42 Å². The average molecular weight is 298 g/mol. The van der Waals surface area contributed by atoms with E-state index in [1.807, 2.05) is 10.9 Å². The zero-order valence-electron chi connectivity index (χ0n) is 10.4. The van der Waals surface area contributed by atoms with E-state index in [1.54, 1.807) is 0 Å². The Balaban J connectivity index is 2.09. The molecule has 1 aromatic carbocycles. The van der Waals surface area contributed by atoms with Gasteiger partial charge in [0, 0.05) is 0 Å². The molecule has 2 rings (SSSR count). The lowest BCUT2D eigenvalue weighted by atomic mass is 10.1. The number of hydrogen-bond acceptors (Lipinski definition) is 3. The number of benzene rings is 1. The van der Waals surface area contributed by atoms with Crippen molar-refractivity contribution in [1.82, 2.24) is 10.9 Å². The first-order chi connectivity index (χ1) is 9.89. The molecule has 0 saturated heterocycles. The van der Waals surface area contributed by atoms with Crippen LogP contribution in [-0.2, 0) is 6.18 Å². The minimum atomic E-state index is -4.67. The highest BCUT2D eigenvalue weighted by atomic mass is 19.4. The van der Waals surface area contributed by atoms with E-state index in [1.165, 1.54) is 30.5 Å². The summed E-state index contributed by atoms with van der Waals surface area (Å²) in [6.07, 6.45) is -3.42. The lowest BCUT2D eigenvalue weighted by molar-refractivity contribution is -0.137. The maximum atomic E-state index is 12.7. The van der Waals surface area contributed by atoms with Crippen LogP contribution in [0.4, 0.5) is 13.2 Å². The molecule has 2 N–H and O–H groups in total. The molecule has 0 spiro atoms. The molecular weight excluding hydrogens is 289 g/mol. The molecule has 110 valence electrons. The Morgan fingerprint density at radius 3 is 2.24 bits per heavy atom. The van der Waals surface area contributed by atoms with Gasteiger partial charge in [-0.05, 0) is 24.3 Å². The fraction of sp³-hybridized carbons (Fsp3) is 0.0769. The predicted octanol–water partition coefficient (Wildman–Crippen LogP) is 2.37. The van der Waals surface area contributed by atoms with Crippen LogP contribution in [0.3, 0.4) is 0 Å². The van der Waals surface area contributed by atoms with E-state index in [0.29, 0.717) is 0 Å². The first-order valence-corrected chi connectivity index (χ1v) is 5.70. The summed E-state index contributed by atoms with van der Waals surface area (Å²) in [6.45, 7) is 0. The predicted molar refractivity (Wildman–Crippen MR) is 65.1 cm³/mol. The first kappa shape index (κ1) is 14.6. The zero-order chi connectivity index (χ0) is 15.5. The van der Waals surface area contributed by atoms with Gasteiger partial charge in [0.2, 0.25) is 0 Å². The number of rotatable bonds is 2. The van der Waals surface area contributed by atoms with E-state index in [9.17, 15) is 22.8 Å². The molecule has 21 heavy (non-hydrogen) atoms. The van der Waals surface area contributed by atoms with Crippen LogP contribution in [0.2, 0.25) is 0 Å². The minimum absolute atomic E-state index is 0.0839. The third kappa shape index (κ3) is 3.41. The topological polar surface area (TPSA) is 71.3 Å². The third-order valence-corrected chi connectivity index (χ3v) is 2.51. The van der Waals surface area contributed by atoms with Gasteiger partial charge < -0.3 is 4.42 Å². The largest absolute Gasteiger partial charge is 0.459 e. The fourth-order valence-electron chi connectivity index (χ4n) is 1.58. The third-order valence-electron chi connectivity index (χ3n) is 2.51. The standard InChI is InChI=1S/C13H9F3N2O3/c14-13(15,16)9-5-2-1-4-8(9)11(19)17-18-12(20)10-6-3-7-21-10/h1-7H,(H,17,19)(H,18,20). The Morgan fingerprint density at radius 1 is 0.952 bits per heavy atom. The van der Waals surface area contributed by atoms with Crippen LogP contribution in [0, 0.1) is 0 Å². The second kappa shape index (κ2) is 5.70. The van der Waals surface area contributed by atoms with Crippen LogP contribution in [0.15, 0.2) is 47.1 Å². The van der Waals surface area contributed by atoms with Crippen LogP contribution >= 0.6 is 0 Å². The van der Waals surface area contributed by atoms with Gasteiger partial charge in [-0.25, -0.2) is 0 Å². The lowest BCUT2D eigenvalue weighted by Crippen LogP contribution is -2.42. The molecule has 8 heteroatoms. The molecule has 0 unspecified atom stereocenters. The maximum Gasteiger partial charge on any atom is 0.417 e. The molecular formula is C13H9F3N2O3. The molecule has 0 aliphatic carbocycles. The van der Waals surface area contributed by atoms with Crippen LogP contribution in [0.5, 0.6) is 0 Å². The molecule has 0 atom stereocenters. The second-order valence-corrected chi connectivity index (χ2v) is 3.93. The van der Waals surface area contributed by atoms with Crippen molar-refractivity contribution in [3.05, 3.63) is 59.5 Å². The number of carbonyl (C=O) groups excluding carboxylic acids is 2. The smallest absolute Gasteiger partial charge is 0.417 e. The van der Waals surface area contributed by atoms with Crippen LogP contribution in [0.1, 0.15) is 26.5 Å². The number of nitrogens with one attached hydrogen (secondary N) is 2. The van der Waals surface area contributed by atoms with Crippen LogP contribution in [0.25, 0.3) is 0 Å². The molecule has 2 aromatic rings. The summed E-state index contributed by atoms with van der Waals surface area (Å²) in [6, 6.07) is 7.04. The molecule has 1 heterocycles. The Morgan fingerprint density at radius 2 is 1.62 bits per heavy atom. The Labute approximate surface area is 116 Å². The van der Waals surface area contributed by atoms with E-state index >= 15 is 0 Å². The van der Waals surface area contributed by atoms with Crippen LogP contribution < -0.4 is 10.9 Å². The monoisotopic (exact) mass is 298 g/mol. The van der Waals surface area contributed by atoms with Crippen molar-refractivity contribution in [1.29, 1.82) is 0 Å². The summed E-state index contributed by atoms with van der Waals surface area (Å²) in [5, 5.41) is 0. The summed E-state index contributed by atoms with van der Waals surface area (Å²) < 4.78 is 43.0. The SMILES string of the molecule is O=C(NNC(=O)c1ccccc1C(F)(F)F)c1ccco1. The Bertz CT molecular complexity index is 651. The van der Waals surface area contributed by atoms with Crippen molar-refractivity contribution in [2.75, 3.05) is 0 Å². The fourth-order valence-corrected chi connectivity index (χ4v) is 1.58. The normalized spacial score (nSPS) is 11.0. The molecule has 1 aromatic heterocycles. The van der Waals surface area contributed by atoms with Gasteiger partial charge in [0.15, 0.2) is 5.76 Å². The van der Waals surface area contributed by atoms with Crippen molar-refractivity contribution in [3.63, 3.8) is 0 Å². The number of alkyl halides is 3. The van der Waals surface area contributed by atoms with E-state index in [-0.39, 0.29) is 5.76 Å². The van der Waals surface area contributed by atoms with Gasteiger partial charge in [0.25, 0.3) is 5.91 Å². The second-order valence-electron chi connectivity index (χ2n) is 3.93. The highest BCUT2D eigenvalue weighted by molar-refractivity contribution is 5.98. The number of amides is 2. The summed E-state index contributed by atoms with van der Waals surface area (Å²) >= 11 is 0. The molecule has 0 aliphatic rings. The number of furan rings is 1. The maximum absolute atomic E-state index is 12.7. The quantitative estimate of drug-likeness (QED) is 0.836. The number of halogens is 3. The first-order valence-electron chi connectivity index (χ1n) is 5.70. The van der Waals surface area contributed by atoms with Crippen LogP contribution in [-0.4, -0.2) is 11.8 Å². The zero-order valence-corrected chi connectivity index (χ0v) is 10.4. The van der Waals surface area contributed by atoms with Crippen molar-refractivity contribution in [3.8, 4) is 0 Å². The Hall–Kier alpha value is -2.77. The van der Waals surface area contributed by atoms with Gasteiger partial charge >= 0.3 is 12.1 Å². The van der Waals surface area contributed by atoms with Crippen molar-refractivity contribution in [2.24, 2.45) is 0 Å². The summed E-state index contributed by atoms with van der Waals surface area (Å²) in [7, 11) is 0. The van der Waals surface area contributed by atoms with Crippen molar-refractivity contribution in [2.45, 2.75) is 6.18 Å². The average Bonchev–Trinajstić information content (AvgIpc) is 2.97. The summed E-state index contributed by atoms with van der Waals surface area (Å²) in [5.41, 5.74) is 2.18. The van der Waals surface area contributed by atoms with E-state index in [0.717, 1.165) is 12.1 Å². The van der Waals surface area contributed by atoms with Gasteiger partial charge in [0.1, 0.15) is 0 Å². The molecule has 5 nitrogen and oxygen atoms in total. The molecule has 0 radical (unpaired) electrons. The summed E-state index contributed by atoms with van der Waals surface area (Å²) in [5.74, 6) is -1.94.